The van der Waals surface area contributed by atoms with Gasteiger partial charge in [-0.15, -0.1) is 24.0 Å². The van der Waals surface area contributed by atoms with Crippen LogP contribution in [0.25, 0.3) is 0 Å². The van der Waals surface area contributed by atoms with E-state index < -0.39 is 6.61 Å². The molecule has 0 aliphatic carbocycles. The second kappa shape index (κ2) is 13.2. The number of guanidine groups is 1. The second-order valence-electron chi connectivity index (χ2n) is 5.79. The van der Waals surface area contributed by atoms with Gasteiger partial charge in [0.1, 0.15) is 11.5 Å². The summed E-state index contributed by atoms with van der Waals surface area (Å²) < 4.78 is 40.5. The first kappa shape index (κ1) is 24.9. The molecule has 1 unspecified atom stereocenters. The highest BCUT2D eigenvalue weighted by Gasteiger charge is 2.13. The molecular weight excluding hydrogens is 495 g/mol. The lowest BCUT2D eigenvalue weighted by Crippen LogP contribution is -2.39. The lowest BCUT2D eigenvalue weighted by molar-refractivity contribution is -0.0505. The van der Waals surface area contributed by atoms with E-state index in [1.807, 2.05) is 30.3 Å². The number of hydrogen-bond donors (Lipinski definition) is 2. The van der Waals surface area contributed by atoms with Crippen LogP contribution in [0, 0.1) is 0 Å². The van der Waals surface area contributed by atoms with Gasteiger partial charge in [0.05, 0.1) is 13.2 Å². The Bertz CT molecular complexity index is 764. The molecular formula is C20H26F2IN3O3. The summed E-state index contributed by atoms with van der Waals surface area (Å²) in [6, 6.07) is 14.5. The Morgan fingerprint density at radius 2 is 1.79 bits per heavy atom. The van der Waals surface area contributed by atoms with Gasteiger partial charge < -0.3 is 24.8 Å². The fourth-order valence-electron chi connectivity index (χ4n) is 2.63. The average molecular weight is 521 g/mol. The summed E-state index contributed by atoms with van der Waals surface area (Å²) in [6.45, 7) is -2.20. The number of nitrogens with zero attached hydrogens (tertiary/aromatic N) is 1. The van der Waals surface area contributed by atoms with Crippen LogP contribution >= 0.6 is 24.0 Å². The van der Waals surface area contributed by atoms with Gasteiger partial charge in [0.25, 0.3) is 0 Å². The SMILES string of the molecule is CN=C(NCc1cc(OC)ccc1OC(F)F)NCC(OC)c1ccccc1.I. The minimum absolute atomic E-state index is 0. The number of ether oxygens (including phenoxy) is 3. The highest BCUT2D eigenvalue weighted by molar-refractivity contribution is 14.0. The van der Waals surface area contributed by atoms with Crippen LogP contribution in [0.15, 0.2) is 53.5 Å². The fourth-order valence-corrected chi connectivity index (χ4v) is 2.63. The number of aliphatic imine (C=N–C) groups is 1. The van der Waals surface area contributed by atoms with Crippen LogP contribution in [-0.4, -0.2) is 40.4 Å². The van der Waals surface area contributed by atoms with Crippen molar-refractivity contribution in [2.75, 3.05) is 27.8 Å². The van der Waals surface area contributed by atoms with Gasteiger partial charge in [0.2, 0.25) is 0 Å². The first-order valence-electron chi connectivity index (χ1n) is 8.71. The van der Waals surface area contributed by atoms with Crippen molar-refractivity contribution in [1.29, 1.82) is 0 Å². The van der Waals surface area contributed by atoms with Crippen molar-refractivity contribution in [1.82, 2.24) is 10.6 Å². The van der Waals surface area contributed by atoms with Crippen LogP contribution in [0.2, 0.25) is 0 Å². The molecule has 2 aromatic rings. The third-order valence-corrected chi connectivity index (χ3v) is 4.06. The molecule has 1 atom stereocenters. The first-order valence-corrected chi connectivity index (χ1v) is 8.71. The molecule has 0 aliphatic heterocycles. The van der Waals surface area contributed by atoms with Crippen LogP contribution in [0.4, 0.5) is 8.78 Å². The molecule has 0 spiro atoms. The molecule has 2 rings (SSSR count). The molecule has 0 amide bonds. The van der Waals surface area contributed by atoms with Gasteiger partial charge in [0.15, 0.2) is 5.96 Å². The van der Waals surface area contributed by atoms with Crippen LogP contribution in [0.5, 0.6) is 11.5 Å². The van der Waals surface area contributed by atoms with Gasteiger partial charge in [-0.25, -0.2) is 0 Å². The lowest BCUT2D eigenvalue weighted by Gasteiger charge is -2.19. The molecule has 160 valence electrons. The fraction of sp³-hybridized carbons (Fsp3) is 0.350. The van der Waals surface area contributed by atoms with Crippen LogP contribution < -0.4 is 20.1 Å². The van der Waals surface area contributed by atoms with E-state index in [1.54, 1.807) is 26.3 Å². The van der Waals surface area contributed by atoms with Crippen molar-refractivity contribution in [2.24, 2.45) is 4.99 Å². The Kier molecular flexibility index (Phi) is 11.3. The second-order valence-corrected chi connectivity index (χ2v) is 5.79. The van der Waals surface area contributed by atoms with Crippen molar-refractivity contribution in [3.05, 3.63) is 59.7 Å². The normalized spacial score (nSPS) is 12.1. The van der Waals surface area contributed by atoms with E-state index in [0.29, 0.717) is 23.8 Å². The summed E-state index contributed by atoms with van der Waals surface area (Å²) in [5.41, 5.74) is 1.56. The zero-order valence-electron chi connectivity index (χ0n) is 16.5. The smallest absolute Gasteiger partial charge is 0.387 e. The molecule has 0 radical (unpaired) electrons. The van der Waals surface area contributed by atoms with E-state index in [1.165, 1.54) is 13.2 Å². The van der Waals surface area contributed by atoms with E-state index in [4.69, 9.17) is 9.47 Å². The quantitative estimate of drug-likeness (QED) is 0.297. The molecule has 0 aromatic heterocycles. The molecule has 0 heterocycles. The molecule has 0 saturated carbocycles. The first-order chi connectivity index (χ1) is 13.6. The summed E-state index contributed by atoms with van der Waals surface area (Å²) >= 11 is 0. The predicted octanol–water partition coefficient (Wildman–Crippen LogP) is 3.97. The third-order valence-electron chi connectivity index (χ3n) is 4.06. The Labute approximate surface area is 186 Å². The Hall–Kier alpha value is -2.14. The maximum atomic E-state index is 12.6. The molecule has 0 bridgehead atoms. The molecule has 0 aliphatic rings. The van der Waals surface area contributed by atoms with Crippen molar-refractivity contribution in [2.45, 2.75) is 19.3 Å². The third kappa shape index (κ3) is 8.01. The van der Waals surface area contributed by atoms with Gasteiger partial charge in [0, 0.05) is 32.8 Å². The topological polar surface area (TPSA) is 64.1 Å². The number of rotatable bonds is 9. The summed E-state index contributed by atoms with van der Waals surface area (Å²) in [5, 5.41) is 6.26. The van der Waals surface area contributed by atoms with E-state index in [9.17, 15) is 8.78 Å². The summed E-state index contributed by atoms with van der Waals surface area (Å²) in [4.78, 5) is 4.15. The highest BCUT2D eigenvalue weighted by Crippen LogP contribution is 2.25. The highest BCUT2D eigenvalue weighted by atomic mass is 127. The van der Waals surface area contributed by atoms with Gasteiger partial charge in [-0.05, 0) is 23.8 Å². The Morgan fingerprint density at radius 1 is 1.07 bits per heavy atom. The van der Waals surface area contributed by atoms with Gasteiger partial charge in [-0.1, -0.05) is 30.3 Å². The van der Waals surface area contributed by atoms with E-state index in [2.05, 4.69) is 20.4 Å². The van der Waals surface area contributed by atoms with Crippen molar-refractivity contribution < 1.29 is 23.0 Å². The van der Waals surface area contributed by atoms with Gasteiger partial charge >= 0.3 is 6.61 Å². The number of methoxy groups -OCH3 is 2. The van der Waals surface area contributed by atoms with Crippen LogP contribution in [0.3, 0.4) is 0 Å². The lowest BCUT2D eigenvalue weighted by atomic mass is 10.1. The standard InChI is InChI=1S/C20H25F2N3O3.HI/c1-23-20(25-13-18(27-3)14-7-5-4-6-8-14)24-12-15-11-16(26-2)9-10-17(15)28-19(21)22;/h4-11,18-19H,12-13H2,1-3H3,(H2,23,24,25);1H. The number of benzene rings is 2. The van der Waals surface area contributed by atoms with Crippen molar-refractivity contribution in [3.63, 3.8) is 0 Å². The average Bonchev–Trinajstić information content (AvgIpc) is 2.72. The molecule has 6 nitrogen and oxygen atoms in total. The molecule has 29 heavy (non-hydrogen) atoms. The van der Waals surface area contributed by atoms with Crippen molar-refractivity contribution >= 4 is 29.9 Å². The monoisotopic (exact) mass is 521 g/mol. The molecule has 9 heteroatoms. The zero-order chi connectivity index (χ0) is 20.4. The van der Waals surface area contributed by atoms with E-state index in [0.717, 1.165) is 5.56 Å². The van der Waals surface area contributed by atoms with E-state index >= 15 is 0 Å². The maximum Gasteiger partial charge on any atom is 0.387 e. The van der Waals surface area contributed by atoms with E-state index in [-0.39, 0.29) is 42.4 Å². The number of alkyl halides is 2. The van der Waals surface area contributed by atoms with Gasteiger partial charge in [-0.3, -0.25) is 4.99 Å². The molecule has 0 saturated heterocycles. The number of hydrogen-bond acceptors (Lipinski definition) is 4. The minimum Gasteiger partial charge on any atom is -0.497 e. The zero-order valence-corrected chi connectivity index (χ0v) is 18.9. The minimum atomic E-state index is -2.90. The maximum absolute atomic E-state index is 12.6. The molecule has 0 fully saturated rings. The Balaban J connectivity index is 0.00000420. The predicted molar refractivity (Wildman–Crippen MR) is 119 cm³/mol. The van der Waals surface area contributed by atoms with Gasteiger partial charge in [-0.2, -0.15) is 8.78 Å². The molecule has 2 aromatic carbocycles. The summed E-state index contributed by atoms with van der Waals surface area (Å²) in [7, 11) is 4.77. The summed E-state index contributed by atoms with van der Waals surface area (Å²) in [5.74, 6) is 1.13. The molecule has 2 N–H and O–H groups in total. The number of halogens is 3. The largest absolute Gasteiger partial charge is 0.497 e. The van der Waals surface area contributed by atoms with Crippen LogP contribution in [-0.2, 0) is 11.3 Å². The van der Waals surface area contributed by atoms with Crippen LogP contribution in [0.1, 0.15) is 17.2 Å². The summed E-state index contributed by atoms with van der Waals surface area (Å²) in [6.07, 6.45) is -0.158. The number of nitrogens with one attached hydrogen (secondary N) is 2. The van der Waals surface area contributed by atoms with Crippen molar-refractivity contribution in [3.8, 4) is 11.5 Å². The Morgan fingerprint density at radius 3 is 2.38 bits per heavy atom.